The van der Waals surface area contributed by atoms with Gasteiger partial charge in [0, 0.05) is 17.0 Å². The second-order valence-corrected chi connectivity index (χ2v) is 7.95. The number of halogens is 4. The Hall–Kier alpha value is 0.0300. The molecule has 0 amide bonds. The second-order valence-electron chi connectivity index (χ2n) is 4.24. The van der Waals surface area contributed by atoms with Crippen molar-refractivity contribution in [1.82, 2.24) is 0 Å². The van der Waals surface area contributed by atoms with Crippen molar-refractivity contribution in [3.63, 3.8) is 0 Å². The van der Waals surface area contributed by atoms with Crippen LogP contribution in [0, 0.1) is 0 Å². The van der Waals surface area contributed by atoms with Crippen LogP contribution in [-0.4, -0.2) is 6.04 Å². The molecule has 0 aliphatic heterocycles. The Kier molecular flexibility index (Phi) is 5.63. The molecule has 0 saturated heterocycles. The Labute approximate surface area is 144 Å². The van der Waals surface area contributed by atoms with E-state index >= 15 is 0 Å². The van der Waals surface area contributed by atoms with E-state index in [0.29, 0.717) is 20.8 Å². The van der Waals surface area contributed by atoms with Gasteiger partial charge in [0.2, 0.25) is 0 Å². The molecule has 0 radical (unpaired) electrons. The highest BCUT2D eigenvalue weighted by Gasteiger charge is 2.22. The summed E-state index contributed by atoms with van der Waals surface area (Å²) in [7, 11) is 0. The highest BCUT2D eigenvalue weighted by Crippen LogP contribution is 2.38. The van der Waals surface area contributed by atoms with Crippen molar-refractivity contribution in [2.24, 2.45) is 5.73 Å². The predicted molar refractivity (Wildman–Crippen MR) is 90.5 cm³/mol. The first-order chi connectivity index (χ1) is 9.38. The molecular weight excluding hydrogens is 404 g/mol. The third-order valence-electron chi connectivity index (χ3n) is 2.58. The standard InChI is InChI=1S/C13H11BrCl3NOS/c1-6(18)13(11-2-3-12(14)20-11)19-10-5-8(16)7(15)4-9(10)17/h2-6,13H,18H2,1H3. The minimum absolute atomic E-state index is 0.203. The zero-order valence-electron chi connectivity index (χ0n) is 10.4. The number of ether oxygens (including phenoxy) is 1. The first-order valence-electron chi connectivity index (χ1n) is 5.70. The zero-order chi connectivity index (χ0) is 14.9. The lowest BCUT2D eigenvalue weighted by atomic mass is 10.1. The maximum absolute atomic E-state index is 6.13. The van der Waals surface area contributed by atoms with Crippen molar-refractivity contribution in [3.8, 4) is 5.75 Å². The molecule has 7 heteroatoms. The van der Waals surface area contributed by atoms with E-state index in [1.165, 1.54) is 0 Å². The summed E-state index contributed by atoms with van der Waals surface area (Å²) in [4.78, 5) is 1.01. The topological polar surface area (TPSA) is 35.2 Å². The van der Waals surface area contributed by atoms with Crippen LogP contribution in [0.2, 0.25) is 15.1 Å². The zero-order valence-corrected chi connectivity index (χ0v) is 15.0. The van der Waals surface area contributed by atoms with Crippen molar-refractivity contribution < 1.29 is 4.74 Å². The summed E-state index contributed by atoms with van der Waals surface area (Å²) in [6.07, 6.45) is -0.305. The van der Waals surface area contributed by atoms with E-state index in [-0.39, 0.29) is 12.1 Å². The fourth-order valence-corrected chi connectivity index (χ4v) is 3.79. The number of thiophene rings is 1. The summed E-state index contributed by atoms with van der Waals surface area (Å²) in [5.41, 5.74) is 6.01. The summed E-state index contributed by atoms with van der Waals surface area (Å²) in [5, 5.41) is 1.18. The van der Waals surface area contributed by atoms with Crippen molar-refractivity contribution in [1.29, 1.82) is 0 Å². The predicted octanol–water partition coefficient (Wildman–Crippen LogP) is 5.94. The van der Waals surface area contributed by atoms with Gasteiger partial charge in [-0.3, -0.25) is 0 Å². The SMILES string of the molecule is CC(N)C(Oc1cc(Cl)c(Cl)cc1Cl)c1ccc(Br)s1. The minimum Gasteiger partial charge on any atom is -0.482 e. The summed E-state index contributed by atoms with van der Waals surface area (Å²) >= 11 is 23.0. The maximum atomic E-state index is 6.13. The summed E-state index contributed by atoms with van der Waals surface area (Å²) in [6, 6.07) is 6.88. The number of nitrogens with two attached hydrogens (primary N) is 1. The highest BCUT2D eigenvalue weighted by molar-refractivity contribution is 9.11. The average molecular weight is 416 g/mol. The molecule has 0 saturated carbocycles. The summed E-state index contributed by atoms with van der Waals surface area (Å²) in [5.74, 6) is 0.466. The van der Waals surface area contributed by atoms with Crippen LogP contribution >= 0.6 is 62.1 Å². The molecule has 2 nitrogen and oxygen atoms in total. The van der Waals surface area contributed by atoms with Gasteiger partial charge in [0.15, 0.2) is 0 Å². The van der Waals surface area contributed by atoms with Crippen molar-refractivity contribution >= 4 is 62.1 Å². The number of hydrogen-bond acceptors (Lipinski definition) is 3. The van der Waals surface area contributed by atoms with E-state index < -0.39 is 0 Å². The van der Waals surface area contributed by atoms with Crippen LogP contribution in [-0.2, 0) is 0 Å². The minimum atomic E-state index is -0.305. The van der Waals surface area contributed by atoms with E-state index in [1.807, 2.05) is 19.1 Å². The van der Waals surface area contributed by atoms with Crippen molar-refractivity contribution in [3.05, 3.63) is 48.0 Å². The van der Waals surface area contributed by atoms with Crippen LogP contribution in [0.25, 0.3) is 0 Å². The van der Waals surface area contributed by atoms with Crippen molar-refractivity contribution in [2.45, 2.75) is 19.1 Å². The largest absolute Gasteiger partial charge is 0.482 e. The molecular formula is C13H11BrCl3NOS. The van der Waals surface area contributed by atoms with Crippen LogP contribution in [0.3, 0.4) is 0 Å². The lowest BCUT2D eigenvalue weighted by Crippen LogP contribution is -2.28. The molecule has 20 heavy (non-hydrogen) atoms. The van der Waals surface area contributed by atoms with Gasteiger partial charge < -0.3 is 10.5 Å². The molecule has 2 rings (SSSR count). The van der Waals surface area contributed by atoms with Gasteiger partial charge in [-0.15, -0.1) is 11.3 Å². The molecule has 2 N–H and O–H groups in total. The first kappa shape index (κ1) is 16.4. The maximum Gasteiger partial charge on any atom is 0.148 e. The van der Waals surface area contributed by atoms with Gasteiger partial charge in [0.25, 0.3) is 0 Å². The Morgan fingerprint density at radius 3 is 2.35 bits per heavy atom. The quantitative estimate of drug-likeness (QED) is 0.628. The van der Waals surface area contributed by atoms with Gasteiger partial charge in [0.1, 0.15) is 11.9 Å². The van der Waals surface area contributed by atoms with E-state index in [0.717, 1.165) is 8.66 Å². The fourth-order valence-electron chi connectivity index (χ4n) is 1.64. The monoisotopic (exact) mass is 413 g/mol. The lowest BCUT2D eigenvalue weighted by Gasteiger charge is -2.22. The molecule has 1 heterocycles. The van der Waals surface area contributed by atoms with Gasteiger partial charge in [-0.2, -0.15) is 0 Å². The van der Waals surface area contributed by atoms with Crippen LogP contribution < -0.4 is 10.5 Å². The Balaban J connectivity index is 2.32. The molecule has 0 aliphatic rings. The molecule has 0 bridgehead atoms. The van der Waals surface area contributed by atoms with Crippen LogP contribution in [0.5, 0.6) is 5.75 Å². The Morgan fingerprint density at radius 1 is 1.15 bits per heavy atom. The first-order valence-corrected chi connectivity index (χ1v) is 8.45. The third-order valence-corrected chi connectivity index (χ3v) is 5.28. The van der Waals surface area contributed by atoms with Crippen LogP contribution in [0.4, 0.5) is 0 Å². The summed E-state index contributed by atoms with van der Waals surface area (Å²) < 4.78 is 6.95. The van der Waals surface area contributed by atoms with E-state index in [4.69, 9.17) is 45.3 Å². The molecule has 2 atom stereocenters. The second kappa shape index (κ2) is 6.86. The van der Waals surface area contributed by atoms with Gasteiger partial charge in [0.05, 0.1) is 18.9 Å². The van der Waals surface area contributed by atoms with E-state index in [1.54, 1.807) is 23.5 Å². The molecule has 0 fully saturated rings. The number of benzene rings is 1. The normalized spacial score (nSPS) is 14.1. The van der Waals surface area contributed by atoms with Crippen LogP contribution in [0.15, 0.2) is 28.1 Å². The molecule has 2 unspecified atom stereocenters. The van der Waals surface area contributed by atoms with E-state index in [2.05, 4.69) is 15.9 Å². The number of rotatable bonds is 4. The van der Waals surface area contributed by atoms with Gasteiger partial charge in [-0.1, -0.05) is 34.8 Å². The molecule has 0 aliphatic carbocycles. The third kappa shape index (κ3) is 3.81. The molecule has 1 aromatic carbocycles. The van der Waals surface area contributed by atoms with E-state index in [9.17, 15) is 0 Å². The highest BCUT2D eigenvalue weighted by atomic mass is 79.9. The molecule has 2 aromatic rings. The average Bonchev–Trinajstić information content (AvgIpc) is 2.78. The Morgan fingerprint density at radius 2 is 1.80 bits per heavy atom. The molecule has 108 valence electrons. The van der Waals surface area contributed by atoms with Crippen molar-refractivity contribution in [2.75, 3.05) is 0 Å². The molecule has 0 spiro atoms. The van der Waals surface area contributed by atoms with Gasteiger partial charge in [-0.05, 0) is 41.1 Å². The number of hydrogen-bond donors (Lipinski definition) is 1. The fraction of sp³-hybridized carbons (Fsp3) is 0.231. The Bertz CT molecular complexity index is 618. The van der Waals surface area contributed by atoms with Gasteiger partial charge in [-0.25, -0.2) is 0 Å². The van der Waals surface area contributed by atoms with Crippen LogP contribution in [0.1, 0.15) is 17.9 Å². The summed E-state index contributed by atoms with van der Waals surface area (Å²) in [6.45, 7) is 1.88. The van der Waals surface area contributed by atoms with Gasteiger partial charge >= 0.3 is 0 Å². The molecule has 1 aromatic heterocycles. The smallest absolute Gasteiger partial charge is 0.148 e. The lowest BCUT2D eigenvalue weighted by molar-refractivity contribution is 0.184.